The van der Waals surface area contributed by atoms with Gasteiger partial charge in [-0.05, 0) is 29.2 Å². The standard InChI is InChI=1S/C16H17N3/c1-16(2,3)12-7-4-5-8-13(12)19-14-9-6-10-18-15(14)11-17/h4-10,19H,1-3H3. The number of nitrogens with one attached hydrogen (secondary N) is 1. The molecule has 19 heavy (non-hydrogen) atoms. The van der Waals surface area contributed by atoms with Gasteiger partial charge in [0.15, 0.2) is 5.69 Å². The van der Waals surface area contributed by atoms with Crippen LogP contribution in [0.1, 0.15) is 32.0 Å². The third-order valence-electron chi connectivity index (χ3n) is 2.92. The molecule has 2 rings (SSSR count). The number of pyridine rings is 1. The van der Waals surface area contributed by atoms with Crippen LogP contribution in [0.25, 0.3) is 0 Å². The molecule has 0 aliphatic rings. The van der Waals surface area contributed by atoms with Gasteiger partial charge in [-0.15, -0.1) is 0 Å². The largest absolute Gasteiger partial charge is 0.353 e. The molecule has 1 heterocycles. The van der Waals surface area contributed by atoms with Gasteiger partial charge in [0.05, 0.1) is 5.69 Å². The molecule has 0 fully saturated rings. The maximum atomic E-state index is 9.07. The van der Waals surface area contributed by atoms with Gasteiger partial charge in [-0.1, -0.05) is 39.0 Å². The number of benzene rings is 1. The van der Waals surface area contributed by atoms with Crippen LogP contribution in [-0.2, 0) is 5.41 Å². The van der Waals surface area contributed by atoms with Crippen LogP contribution in [0.4, 0.5) is 11.4 Å². The second-order valence-electron chi connectivity index (χ2n) is 5.43. The smallest absolute Gasteiger partial charge is 0.163 e. The Labute approximate surface area is 113 Å². The lowest BCUT2D eigenvalue weighted by atomic mass is 9.86. The molecule has 2 aromatic rings. The first-order valence-electron chi connectivity index (χ1n) is 6.24. The van der Waals surface area contributed by atoms with Crippen molar-refractivity contribution >= 4 is 11.4 Å². The van der Waals surface area contributed by atoms with E-state index in [0.29, 0.717) is 5.69 Å². The zero-order valence-corrected chi connectivity index (χ0v) is 11.4. The Hall–Kier alpha value is -2.34. The van der Waals surface area contributed by atoms with Crippen molar-refractivity contribution in [1.29, 1.82) is 5.26 Å². The van der Waals surface area contributed by atoms with Crippen molar-refractivity contribution in [3.63, 3.8) is 0 Å². The van der Waals surface area contributed by atoms with E-state index in [1.54, 1.807) is 6.20 Å². The molecule has 0 unspecified atom stereocenters. The Morgan fingerprint density at radius 2 is 1.74 bits per heavy atom. The van der Waals surface area contributed by atoms with E-state index < -0.39 is 0 Å². The first-order chi connectivity index (χ1) is 9.02. The fourth-order valence-electron chi connectivity index (χ4n) is 1.99. The van der Waals surface area contributed by atoms with Crippen LogP contribution in [0, 0.1) is 11.3 Å². The zero-order chi connectivity index (χ0) is 13.9. The Morgan fingerprint density at radius 1 is 1.05 bits per heavy atom. The van der Waals surface area contributed by atoms with Gasteiger partial charge in [0.25, 0.3) is 0 Å². The number of nitrogens with zero attached hydrogens (tertiary/aromatic N) is 2. The molecule has 0 aliphatic carbocycles. The third kappa shape index (κ3) is 2.92. The number of aromatic nitrogens is 1. The van der Waals surface area contributed by atoms with Gasteiger partial charge >= 0.3 is 0 Å². The molecule has 1 N–H and O–H groups in total. The average Bonchev–Trinajstić information content (AvgIpc) is 2.39. The van der Waals surface area contributed by atoms with E-state index >= 15 is 0 Å². The average molecular weight is 251 g/mol. The molecule has 0 bridgehead atoms. The molecule has 1 aromatic heterocycles. The van der Waals surface area contributed by atoms with Crippen LogP contribution in [-0.4, -0.2) is 4.98 Å². The number of nitriles is 1. The monoisotopic (exact) mass is 251 g/mol. The van der Waals surface area contributed by atoms with Crippen LogP contribution >= 0.6 is 0 Å². The minimum absolute atomic E-state index is 0.0403. The molecule has 0 radical (unpaired) electrons. The van der Waals surface area contributed by atoms with Crippen molar-refractivity contribution in [2.75, 3.05) is 5.32 Å². The summed E-state index contributed by atoms with van der Waals surface area (Å²) in [6, 6.07) is 13.9. The van der Waals surface area contributed by atoms with Gasteiger partial charge in [-0.2, -0.15) is 5.26 Å². The Balaban J connectivity index is 2.43. The first kappa shape index (κ1) is 13.1. The highest BCUT2D eigenvalue weighted by Gasteiger charge is 2.17. The van der Waals surface area contributed by atoms with Crippen LogP contribution < -0.4 is 5.32 Å². The number of rotatable bonds is 2. The second kappa shape index (κ2) is 5.11. The minimum atomic E-state index is 0.0403. The predicted molar refractivity (Wildman–Crippen MR) is 77.4 cm³/mol. The summed E-state index contributed by atoms with van der Waals surface area (Å²) in [7, 11) is 0. The van der Waals surface area contributed by atoms with Crippen LogP contribution in [0.5, 0.6) is 0 Å². The molecule has 3 heteroatoms. The molecule has 0 spiro atoms. The summed E-state index contributed by atoms with van der Waals surface area (Å²) in [5.41, 5.74) is 3.41. The summed E-state index contributed by atoms with van der Waals surface area (Å²) in [5, 5.41) is 12.4. The molecule has 0 aliphatic heterocycles. The van der Waals surface area contributed by atoms with E-state index in [-0.39, 0.29) is 5.41 Å². The fraction of sp³-hybridized carbons (Fsp3) is 0.250. The second-order valence-corrected chi connectivity index (χ2v) is 5.43. The maximum Gasteiger partial charge on any atom is 0.163 e. The van der Waals surface area contributed by atoms with Gasteiger partial charge in [0.2, 0.25) is 0 Å². The fourth-order valence-corrected chi connectivity index (χ4v) is 1.99. The molecule has 96 valence electrons. The predicted octanol–water partition coefficient (Wildman–Crippen LogP) is 3.99. The lowest BCUT2D eigenvalue weighted by Crippen LogP contribution is -2.13. The Kier molecular flexibility index (Phi) is 3.52. The number of para-hydroxylation sites is 1. The lowest BCUT2D eigenvalue weighted by Gasteiger charge is -2.23. The molecular weight excluding hydrogens is 234 g/mol. The first-order valence-corrected chi connectivity index (χ1v) is 6.24. The zero-order valence-electron chi connectivity index (χ0n) is 11.4. The summed E-state index contributed by atoms with van der Waals surface area (Å²) in [6.45, 7) is 6.51. The molecule has 1 aromatic carbocycles. The van der Waals surface area contributed by atoms with Crippen molar-refractivity contribution in [2.24, 2.45) is 0 Å². The summed E-state index contributed by atoms with van der Waals surface area (Å²) in [5.74, 6) is 0. The van der Waals surface area contributed by atoms with Crippen molar-refractivity contribution in [3.8, 4) is 6.07 Å². The molecule has 0 atom stereocenters. The van der Waals surface area contributed by atoms with Gasteiger partial charge in [-0.25, -0.2) is 4.98 Å². The highest BCUT2D eigenvalue weighted by molar-refractivity contribution is 5.67. The SMILES string of the molecule is CC(C)(C)c1ccccc1Nc1cccnc1C#N. The van der Waals surface area contributed by atoms with Crippen LogP contribution in [0.15, 0.2) is 42.6 Å². The van der Waals surface area contributed by atoms with E-state index in [1.807, 2.05) is 30.3 Å². The van der Waals surface area contributed by atoms with Gasteiger partial charge in [0, 0.05) is 11.9 Å². The van der Waals surface area contributed by atoms with Crippen LogP contribution in [0.3, 0.4) is 0 Å². The minimum Gasteiger partial charge on any atom is -0.353 e. The quantitative estimate of drug-likeness (QED) is 0.877. The molecule has 0 saturated heterocycles. The van der Waals surface area contributed by atoms with E-state index in [0.717, 1.165) is 11.4 Å². The van der Waals surface area contributed by atoms with Crippen molar-refractivity contribution in [3.05, 3.63) is 53.9 Å². The van der Waals surface area contributed by atoms with Crippen molar-refractivity contribution in [2.45, 2.75) is 26.2 Å². The molecule has 3 nitrogen and oxygen atoms in total. The summed E-state index contributed by atoms with van der Waals surface area (Å²) in [6.07, 6.45) is 1.62. The normalized spacial score (nSPS) is 10.8. The van der Waals surface area contributed by atoms with E-state index in [9.17, 15) is 0 Å². The Bertz CT molecular complexity index is 618. The van der Waals surface area contributed by atoms with E-state index in [4.69, 9.17) is 5.26 Å². The molecular formula is C16H17N3. The highest BCUT2D eigenvalue weighted by Crippen LogP contribution is 2.31. The summed E-state index contributed by atoms with van der Waals surface area (Å²) >= 11 is 0. The highest BCUT2D eigenvalue weighted by atomic mass is 14.9. The Morgan fingerprint density at radius 3 is 2.42 bits per heavy atom. The van der Waals surface area contributed by atoms with Crippen LogP contribution in [0.2, 0.25) is 0 Å². The van der Waals surface area contributed by atoms with Crippen molar-refractivity contribution < 1.29 is 0 Å². The van der Waals surface area contributed by atoms with Gasteiger partial charge in [0.1, 0.15) is 6.07 Å². The third-order valence-corrected chi connectivity index (χ3v) is 2.92. The van der Waals surface area contributed by atoms with E-state index in [1.165, 1.54) is 5.56 Å². The number of anilines is 2. The van der Waals surface area contributed by atoms with Gasteiger partial charge < -0.3 is 5.32 Å². The molecule has 0 saturated carbocycles. The van der Waals surface area contributed by atoms with Gasteiger partial charge in [-0.3, -0.25) is 0 Å². The number of hydrogen-bond donors (Lipinski definition) is 1. The number of hydrogen-bond acceptors (Lipinski definition) is 3. The maximum absolute atomic E-state index is 9.07. The lowest BCUT2D eigenvalue weighted by molar-refractivity contribution is 0.592. The van der Waals surface area contributed by atoms with E-state index in [2.05, 4.69) is 43.2 Å². The summed E-state index contributed by atoms with van der Waals surface area (Å²) in [4.78, 5) is 4.06. The molecule has 0 amide bonds. The topological polar surface area (TPSA) is 48.7 Å². The summed E-state index contributed by atoms with van der Waals surface area (Å²) < 4.78 is 0. The van der Waals surface area contributed by atoms with Crippen molar-refractivity contribution in [1.82, 2.24) is 4.98 Å².